The number of nitrogens with one attached hydrogen (secondary N) is 2. The first-order valence-electron chi connectivity index (χ1n) is 11.4. The van der Waals surface area contributed by atoms with E-state index < -0.39 is 0 Å². The zero-order valence-electron chi connectivity index (χ0n) is 20.9. The molecule has 0 atom stereocenters. The van der Waals surface area contributed by atoms with Gasteiger partial charge in [-0.2, -0.15) is 0 Å². The number of rotatable bonds is 9. The zero-order chi connectivity index (χ0) is 26.5. The van der Waals surface area contributed by atoms with Crippen LogP contribution in [0.2, 0.25) is 0 Å². The van der Waals surface area contributed by atoms with Gasteiger partial charge >= 0.3 is 0 Å². The van der Waals surface area contributed by atoms with Gasteiger partial charge in [0.15, 0.2) is 27.8 Å². The number of fused-ring (bicyclic) bond motifs is 1. The smallest absolute Gasteiger partial charge is 0.266 e. The zero-order valence-corrected chi connectivity index (χ0v) is 21.7. The highest BCUT2D eigenvalue weighted by molar-refractivity contribution is 7.71. The lowest BCUT2D eigenvalue weighted by Gasteiger charge is -2.13. The number of methoxy groups -OCH3 is 4. The Morgan fingerprint density at radius 2 is 1.51 bits per heavy atom. The highest BCUT2D eigenvalue weighted by atomic mass is 32.1. The maximum absolute atomic E-state index is 13.3. The summed E-state index contributed by atoms with van der Waals surface area (Å²) in [5, 5.41) is 3.30. The second-order valence-electron chi connectivity index (χ2n) is 8.07. The van der Waals surface area contributed by atoms with Crippen molar-refractivity contribution in [1.29, 1.82) is 0 Å². The van der Waals surface area contributed by atoms with Crippen molar-refractivity contribution in [2.24, 2.45) is 0 Å². The number of H-pyrrole nitrogens is 1. The van der Waals surface area contributed by atoms with Crippen LogP contribution >= 0.6 is 12.2 Å². The molecule has 2 N–H and O–H groups in total. The number of nitrogens with zero attached hydrogens (tertiary/aromatic N) is 1. The second kappa shape index (κ2) is 11.2. The molecule has 4 rings (SSSR count). The molecule has 0 radical (unpaired) electrons. The van der Waals surface area contributed by atoms with Crippen LogP contribution in [0.1, 0.15) is 15.9 Å². The van der Waals surface area contributed by atoms with E-state index in [-0.39, 0.29) is 16.2 Å². The molecular formula is C27H27N3O6S. The molecule has 0 spiro atoms. The van der Waals surface area contributed by atoms with Gasteiger partial charge in [0.2, 0.25) is 0 Å². The van der Waals surface area contributed by atoms with Crippen LogP contribution in [0.4, 0.5) is 0 Å². The molecule has 0 aliphatic heterocycles. The Morgan fingerprint density at radius 1 is 0.865 bits per heavy atom. The Balaban J connectivity index is 1.55. The van der Waals surface area contributed by atoms with Gasteiger partial charge in [-0.15, -0.1) is 0 Å². The van der Waals surface area contributed by atoms with Crippen LogP contribution in [0.5, 0.6) is 23.0 Å². The van der Waals surface area contributed by atoms with E-state index in [2.05, 4.69) is 10.3 Å². The molecular weight excluding hydrogens is 494 g/mol. The highest BCUT2D eigenvalue weighted by Crippen LogP contribution is 2.29. The van der Waals surface area contributed by atoms with E-state index >= 15 is 0 Å². The second-order valence-corrected chi connectivity index (χ2v) is 8.45. The maximum Gasteiger partial charge on any atom is 0.266 e. The Hall–Kier alpha value is -4.31. The third-order valence-electron chi connectivity index (χ3n) is 5.93. The molecule has 37 heavy (non-hydrogen) atoms. The number of aromatic amines is 1. The number of amides is 1. The van der Waals surface area contributed by atoms with Gasteiger partial charge < -0.3 is 29.2 Å². The average molecular weight is 522 g/mol. The van der Waals surface area contributed by atoms with Crippen LogP contribution in [0.25, 0.3) is 16.6 Å². The number of hydrogen-bond acceptors (Lipinski definition) is 7. The SMILES string of the molecule is COc1ccc(CCNC(=O)c2ccc3c(=O)n(-c4ccc(OC)c(OC)c4)c(=S)[nH]c3c2)cc1OC. The monoisotopic (exact) mass is 521 g/mol. The lowest BCUT2D eigenvalue weighted by molar-refractivity contribution is 0.0954. The summed E-state index contributed by atoms with van der Waals surface area (Å²) in [7, 11) is 6.22. The van der Waals surface area contributed by atoms with Crippen molar-refractivity contribution >= 4 is 29.0 Å². The van der Waals surface area contributed by atoms with Crippen LogP contribution < -0.4 is 29.8 Å². The Kier molecular flexibility index (Phi) is 7.78. The summed E-state index contributed by atoms with van der Waals surface area (Å²) in [4.78, 5) is 29.1. The molecule has 0 saturated carbocycles. The van der Waals surface area contributed by atoms with E-state index in [1.165, 1.54) is 18.8 Å². The Bertz CT molecular complexity index is 1580. The van der Waals surface area contributed by atoms with Crippen molar-refractivity contribution in [3.63, 3.8) is 0 Å². The molecule has 192 valence electrons. The van der Waals surface area contributed by atoms with E-state index in [4.69, 9.17) is 31.2 Å². The van der Waals surface area contributed by atoms with Gasteiger partial charge in [-0.3, -0.25) is 14.2 Å². The topological polar surface area (TPSA) is 104 Å². The molecule has 1 aromatic heterocycles. The van der Waals surface area contributed by atoms with E-state index in [1.54, 1.807) is 50.6 Å². The summed E-state index contributed by atoms with van der Waals surface area (Å²) in [5.74, 6) is 2.04. The van der Waals surface area contributed by atoms with Crippen LogP contribution in [-0.2, 0) is 6.42 Å². The Morgan fingerprint density at radius 3 is 2.19 bits per heavy atom. The minimum Gasteiger partial charge on any atom is -0.493 e. The molecule has 4 aromatic rings. The molecule has 0 saturated heterocycles. The van der Waals surface area contributed by atoms with Crippen LogP contribution in [0, 0.1) is 4.77 Å². The van der Waals surface area contributed by atoms with Crippen molar-refractivity contribution in [3.8, 4) is 28.7 Å². The number of benzene rings is 3. The first-order valence-corrected chi connectivity index (χ1v) is 11.8. The Labute approximate surface area is 218 Å². The van der Waals surface area contributed by atoms with E-state index in [9.17, 15) is 9.59 Å². The van der Waals surface area contributed by atoms with Gasteiger partial charge in [0, 0.05) is 18.2 Å². The predicted molar refractivity (Wildman–Crippen MR) is 143 cm³/mol. The fourth-order valence-electron chi connectivity index (χ4n) is 4.02. The number of aromatic nitrogens is 2. The minimum absolute atomic E-state index is 0.190. The number of carbonyl (C=O) groups is 1. The molecule has 0 aliphatic rings. The molecule has 1 heterocycles. The van der Waals surface area contributed by atoms with Crippen LogP contribution in [0.3, 0.4) is 0 Å². The van der Waals surface area contributed by atoms with Gasteiger partial charge in [0.1, 0.15) is 0 Å². The van der Waals surface area contributed by atoms with Gasteiger partial charge in [0.25, 0.3) is 11.5 Å². The summed E-state index contributed by atoms with van der Waals surface area (Å²) < 4.78 is 22.8. The maximum atomic E-state index is 13.3. The van der Waals surface area contributed by atoms with Gasteiger partial charge in [-0.1, -0.05) is 6.07 Å². The first-order chi connectivity index (χ1) is 17.9. The normalized spacial score (nSPS) is 10.7. The third-order valence-corrected chi connectivity index (χ3v) is 6.22. The van der Waals surface area contributed by atoms with Gasteiger partial charge in [0.05, 0.1) is 45.0 Å². The highest BCUT2D eigenvalue weighted by Gasteiger charge is 2.13. The minimum atomic E-state index is -0.314. The molecule has 0 unspecified atom stereocenters. The fraction of sp³-hybridized carbons (Fsp3) is 0.222. The van der Waals surface area contributed by atoms with E-state index in [1.807, 2.05) is 18.2 Å². The van der Waals surface area contributed by atoms with Crippen molar-refractivity contribution < 1.29 is 23.7 Å². The van der Waals surface area contributed by atoms with Crippen molar-refractivity contribution in [1.82, 2.24) is 14.9 Å². The number of carbonyl (C=O) groups excluding carboxylic acids is 1. The van der Waals surface area contributed by atoms with E-state index in [0.717, 1.165) is 5.56 Å². The quantitative estimate of drug-likeness (QED) is 0.320. The predicted octanol–water partition coefficient (Wildman–Crippen LogP) is 4.06. The first kappa shape index (κ1) is 25.8. The summed E-state index contributed by atoms with van der Waals surface area (Å²) in [6, 6.07) is 15.6. The van der Waals surface area contributed by atoms with Crippen molar-refractivity contribution in [2.45, 2.75) is 6.42 Å². The molecule has 0 aliphatic carbocycles. The third kappa shape index (κ3) is 5.29. The average Bonchev–Trinajstić information content (AvgIpc) is 2.92. The fourth-order valence-corrected chi connectivity index (χ4v) is 4.31. The lowest BCUT2D eigenvalue weighted by atomic mass is 10.1. The number of hydrogen-bond donors (Lipinski definition) is 2. The van der Waals surface area contributed by atoms with E-state index in [0.29, 0.717) is 58.1 Å². The largest absolute Gasteiger partial charge is 0.493 e. The summed E-state index contributed by atoms with van der Waals surface area (Å²) >= 11 is 5.48. The molecule has 0 fully saturated rings. The molecule has 9 nitrogen and oxygen atoms in total. The standard InChI is InChI=1S/C27H27N3O6S/c1-33-21-9-5-16(13-23(21)35-3)11-12-28-25(31)17-6-8-19-20(14-17)29-27(37)30(26(19)32)18-7-10-22(34-2)24(15-18)36-4/h5-10,13-15H,11-12H2,1-4H3,(H,28,31)(H,29,37). The van der Waals surface area contributed by atoms with Gasteiger partial charge in [-0.05, 0) is 66.7 Å². The summed E-state index contributed by atoms with van der Waals surface area (Å²) in [5.41, 5.74) is 2.10. The number of ether oxygens (including phenoxy) is 4. The molecule has 3 aromatic carbocycles. The van der Waals surface area contributed by atoms with Crippen LogP contribution in [0.15, 0.2) is 59.4 Å². The lowest BCUT2D eigenvalue weighted by Crippen LogP contribution is -2.26. The van der Waals surface area contributed by atoms with Crippen molar-refractivity contribution in [3.05, 3.63) is 80.8 Å². The van der Waals surface area contributed by atoms with Crippen LogP contribution in [-0.4, -0.2) is 50.4 Å². The van der Waals surface area contributed by atoms with Crippen molar-refractivity contribution in [2.75, 3.05) is 35.0 Å². The van der Waals surface area contributed by atoms with Gasteiger partial charge in [-0.25, -0.2) is 0 Å². The molecule has 1 amide bonds. The summed E-state index contributed by atoms with van der Waals surface area (Å²) in [6.45, 7) is 0.420. The summed E-state index contributed by atoms with van der Waals surface area (Å²) in [6.07, 6.45) is 0.609. The molecule has 10 heteroatoms. The molecule has 0 bridgehead atoms.